The molecule has 5 aromatic rings. The first-order valence-electron chi connectivity index (χ1n) is 8.39. The lowest BCUT2D eigenvalue weighted by molar-refractivity contribution is -0.137. The van der Waals surface area contributed by atoms with E-state index in [0.717, 1.165) is 39.6 Å². The van der Waals surface area contributed by atoms with E-state index in [-0.39, 0.29) is 0 Å². The highest BCUT2D eigenvalue weighted by atomic mass is 19.4. The lowest BCUT2D eigenvalue weighted by Crippen LogP contribution is -2.04. The van der Waals surface area contributed by atoms with Crippen LogP contribution in [0.3, 0.4) is 0 Å². The van der Waals surface area contributed by atoms with Crippen molar-refractivity contribution in [3.63, 3.8) is 0 Å². The fourth-order valence-corrected chi connectivity index (χ4v) is 3.34. The predicted molar refractivity (Wildman–Crippen MR) is 99.5 cm³/mol. The average molecular weight is 363 g/mol. The minimum Gasteiger partial charge on any atom is -0.456 e. The van der Waals surface area contributed by atoms with Crippen molar-refractivity contribution >= 4 is 32.8 Å². The van der Waals surface area contributed by atoms with Crippen LogP contribution in [0.1, 0.15) is 5.56 Å². The Balaban J connectivity index is 1.68. The quantitative estimate of drug-likeness (QED) is 0.327. The van der Waals surface area contributed by atoms with Crippen LogP contribution in [0.15, 0.2) is 77.2 Å². The highest BCUT2D eigenvalue weighted by Gasteiger charge is 2.30. The lowest BCUT2D eigenvalue weighted by Gasteiger charge is -2.08. The molecule has 0 N–H and O–H groups in total. The van der Waals surface area contributed by atoms with Gasteiger partial charge in [-0.1, -0.05) is 30.3 Å². The van der Waals surface area contributed by atoms with Crippen molar-refractivity contribution < 1.29 is 17.6 Å². The lowest BCUT2D eigenvalue weighted by atomic mass is 10.0. The van der Waals surface area contributed by atoms with Gasteiger partial charge in [0.15, 0.2) is 0 Å². The second-order valence-electron chi connectivity index (χ2n) is 6.41. The van der Waals surface area contributed by atoms with Crippen molar-refractivity contribution in [2.75, 3.05) is 0 Å². The van der Waals surface area contributed by atoms with Crippen LogP contribution < -0.4 is 0 Å². The van der Waals surface area contributed by atoms with E-state index in [9.17, 15) is 13.2 Å². The van der Waals surface area contributed by atoms with E-state index >= 15 is 0 Å². The van der Waals surface area contributed by atoms with Crippen molar-refractivity contribution in [1.82, 2.24) is 4.98 Å². The zero-order chi connectivity index (χ0) is 18.6. The number of pyridine rings is 1. The molecule has 2 aromatic heterocycles. The van der Waals surface area contributed by atoms with Crippen LogP contribution in [0.2, 0.25) is 0 Å². The van der Waals surface area contributed by atoms with Gasteiger partial charge in [-0.2, -0.15) is 13.2 Å². The Morgan fingerprint density at radius 3 is 2.37 bits per heavy atom. The van der Waals surface area contributed by atoms with Gasteiger partial charge in [0.1, 0.15) is 11.2 Å². The van der Waals surface area contributed by atoms with E-state index in [1.165, 1.54) is 6.07 Å². The number of benzene rings is 3. The summed E-state index contributed by atoms with van der Waals surface area (Å²) in [5.41, 5.74) is 2.63. The molecule has 0 spiro atoms. The summed E-state index contributed by atoms with van der Waals surface area (Å²) in [6.45, 7) is 0. The van der Waals surface area contributed by atoms with Crippen LogP contribution >= 0.6 is 0 Å². The molecule has 132 valence electrons. The highest BCUT2D eigenvalue weighted by Crippen LogP contribution is 2.34. The van der Waals surface area contributed by atoms with Crippen LogP contribution in [0, 0.1) is 0 Å². The molecule has 0 radical (unpaired) electrons. The smallest absolute Gasteiger partial charge is 0.416 e. The molecule has 0 aliphatic carbocycles. The van der Waals surface area contributed by atoms with Gasteiger partial charge in [-0.3, -0.25) is 0 Å². The largest absolute Gasteiger partial charge is 0.456 e. The second kappa shape index (κ2) is 5.58. The highest BCUT2D eigenvalue weighted by molar-refractivity contribution is 6.06. The van der Waals surface area contributed by atoms with Crippen molar-refractivity contribution in [1.29, 1.82) is 0 Å². The maximum absolute atomic E-state index is 13.0. The van der Waals surface area contributed by atoms with Gasteiger partial charge >= 0.3 is 6.18 Å². The Kier molecular flexibility index (Phi) is 3.28. The summed E-state index contributed by atoms with van der Waals surface area (Å²) in [5.74, 6) is 0. The molecular weight excluding hydrogens is 351 g/mol. The van der Waals surface area contributed by atoms with E-state index in [0.29, 0.717) is 16.6 Å². The minimum atomic E-state index is -4.39. The number of halogens is 3. The first kappa shape index (κ1) is 15.9. The molecule has 0 saturated heterocycles. The summed E-state index contributed by atoms with van der Waals surface area (Å²) in [5, 5.41) is 2.62. The molecule has 2 heterocycles. The first-order chi connectivity index (χ1) is 13.0. The molecular formula is C22H12F3NO. The maximum Gasteiger partial charge on any atom is 0.416 e. The van der Waals surface area contributed by atoms with Crippen molar-refractivity contribution in [3.05, 3.63) is 78.4 Å². The molecule has 0 saturated carbocycles. The molecule has 3 aromatic carbocycles. The van der Waals surface area contributed by atoms with Crippen LogP contribution in [0.5, 0.6) is 0 Å². The summed E-state index contributed by atoms with van der Waals surface area (Å²) in [7, 11) is 0. The van der Waals surface area contributed by atoms with Gasteiger partial charge in [0, 0.05) is 21.7 Å². The van der Waals surface area contributed by atoms with E-state index in [1.54, 1.807) is 6.07 Å². The summed E-state index contributed by atoms with van der Waals surface area (Å²) in [6, 6.07) is 20.6. The first-order valence-corrected chi connectivity index (χ1v) is 8.39. The van der Waals surface area contributed by atoms with Crippen molar-refractivity contribution in [3.8, 4) is 11.3 Å². The third-order valence-corrected chi connectivity index (χ3v) is 4.69. The summed E-state index contributed by atoms with van der Waals surface area (Å²) in [6.07, 6.45) is -4.39. The standard InChI is InChI=1S/C22H12F3NO/c23-22(24,25)15-8-5-13-6-9-18(26-19(13)12-15)14-7-10-21-17(11-14)16-3-1-2-4-20(16)27-21/h1-12H. The molecule has 27 heavy (non-hydrogen) atoms. The molecule has 5 rings (SSSR count). The topological polar surface area (TPSA) is 26.0 Å². The number of hydrogen-bond donors (Lipinski definition) is 0. The molecule has 0 aliphatic rings. The number of furan rings is 1. The summed E-state index contributed by atoms with van der Waals surface area (Å²) >= 11 is 0. The minimum absolute atomic E-state index is 0.319. The molecule has 0 amide bonds. The molecule has 5 heteroatoms. The van der Waals surface area contributed by atoms with Gasteiger partial charge in [-0.15, -0.1) is 0 Å². The Labute approximate surface area is 151 Å². The Bertz CT molecular complexity index is 1320. The molecule has 0 atom stereocenters. The second-order valence-corrected chi connectivity index (χ2v) is 6.41. The fourth-order valence-electron chi connectivity index (χ4n) is 3.34. The average Bonchev–Trinajstić information content (AvgIpc) is 3.04. The summed E-state index contributed by atoms with van der Waals surface area (Å²) in [4.78, 5) is 4.46. The van der Waals surface area contributed by atoms with Gasteiger partial charge < -0.3 is 4.42 Å². The molecule has 0 bridgehead atoms. The Hall–Kier alpha value is -3.34. The van der Waals surface area contributed by atoms with Gasteiger partial charge in [-0.05, 0) is 42.5 Å². The fraction of sp³-hybridized carbons (Fsp3) is 0.0455. The van der Waals surface area contributed by atoms with Gasteiger partial charge in [-0.25, -0.2) is 4.98 Å². The number of fused-ring (bicyclic) bond motifs is 4. The van der Waals surface area contributed by atoms with Crippen LogP contribution in [-0.2, 0) is 6.18 Å². The van der Waals surface area contributed by atoms with E-state index in [4.69, 9.17) is 4.42 Å². The number of para-hydroxylation sites is 1. The number of aromatic nitrogens is 1. The van der Waals surface area contributed by atoms with Gasteiger partial charge in [0.2, 0.25) is 0 Å². The predicted octanol–water partition coefficient (Wildman–Crippen LogP) is 6.82. The number of nitrogens with zero attached hydrogens (tertiary/aromatic N) is 1. The van der Waals surface area contributed by atoms with Crippen molar-refractivity contribution in [2.45, 2.75) is 6.18 Å². The third kappa shape index (κ3) is 2.63. The van der Waals surface area contributed by atoms with Crippen molar-refractivity contribution in [2.24, 2.45) is 0 Å². The van der Waals surface area contributed by atoms with Crippen LogP contribution in [0.25, 0.3) is 44.1 Å². The molecule has 0 unspecified atom stereocenters. The van der Waals surface area contributed by atoms with E-state index in [2.05, 4.69) is 4.98 Å². The van der Waals surface area contributed by atoms with E-state index < -0.39 is 11.7 Å². The molecule has 0 aliphatic heterocycles. The Morgan fingerprint density at radius 1 is 0.741 bits per heavy atom. The zero-order valence-corrected chi connectivity index (χ0v) is 13.9. The van der Waals surface area contributed by atoms with Gasteiger partial charge in [0.05, 0.1) is 16.8 Å². The molecule has 0 fully saturated rings. The van der Waals surface area contributed by atoms with Gasteiger partial charge in [0.25, 0.3) is 0 Å². The SMILES string of the molecule is FC(F)(F)c1ccc2ccc(-c3ccc4oc5ccccc5c4c3)nc2c1. The normalized spacial score (nSPS) is 12.3. The van der Waals surface area contributed by atoms with Crippen LogP contribution in [0.4, 0.5) is 13.2 Å². The third-order valence-electron chi connectivity index (χ3n) is 4.69. The molecule has 2 nitrogen and oxygen atoms in total. The maximum atomic E-state index is 13.0. The number of rotatable bonds is 1. The number of hydrogen-bond acceptors (Lipinski definition) is 2. The zero-order valence-electron chi connectivity index (χ0n) is 13.9. The number of alkyl halides is 3. The summed E-state index contributed by atoms with van der Waals surface area (Å²) < 4.78 is 44.8. The monoisotopic (exact) mass is 363 g/mol. The van der Waals surface area contributed by atoms with Crippen LogP contribution in [-0.4, -0.2) is 4.98 Å². The Morgan fingerprint density at radius 2 is 1.52 bits per heavy atom. The van der Waals surface area contributed by atoms with E-state index in [1.807, 2.05) is 48.5 Å².